The van der Waals surface area contributed by atoms with Crippen LogP contribution >= 0.6 is 0 Å². The summed E-state index contributed by atoms with van der Waals surface area (Å²) < 4.78 is 33.6. The number of nitrogens with one attached hydrogen (secondary N) is 3. The second kappa shape index (κ2) is 8.22. The maximum Gasteiger partial charge on any atom is 0.319 e. The highest BCUT2D eigenvalue weighted by molar-refractivity contribution is 5.95. The number of benzene rings is 2. The van der Waals surface area contributed by atoms with E-state index in [1.807, 2.05) is 0 Å². The number of aliphatic hydroxyl groups is 1. The lowest BCUT2D eigenvalue weighted by Gasteiger charge is -2.20. The van der Waals surface area contributed by atoms with Gasteiger partial charge in [0.25, 0.3) is 0 Å². The largest absolute Gasteiger partial charge is 0.497 e. The molecule has 2 unspecified atom stereocenters. The molecule has 1 aliphatic rings. The van der Waals surface area contributed by atoms with E-state index in [2.05, 4.69) is 16.0 Å². The average Bonchev–Trinajstić information content (AvgIpc) is 3.02. The van der Waals surface area contributed by atoms with Crippen molar-refractivity contribution in [2.45, 2.75) is 18.6 Å². The summed E-state index contributed by atoms with van der Waals surface area (Å²) in [6.07, 6.45) is 0. The van der Waals surface area contributed by atoms with Crippen LogP contribution in [-0.2, 0) is 11.4 Å². The molecule has 7 nitrogen and oxygen atoms in total. The number of carbonyl (C=O) groups excluding carboxylic acids is 2. The second-order valence-corrected chi connectivity index (χ2v) is 6.29. The Kier molecular flexibility index (Phi) is 5.74. The molecule has 1 aliphatic heterocycles. The fraction of sp³-hybridized carbons (Fsp3) is 0.263. The van der Waals surface area contributed by atoms with Crippen molar-refractivity contribution in [2.24, 2.45) is 0 Å². The monoisotopic (exact) mass is 391 g/mol. The number of carbonyl (C=O) groups is 2. The Morgan fingerprint density at radius 3 is 2.46 bits per heavy atom. The van der Waals surface area contributed by atoms with Crippen LogP contribution in [-0.4, -0.2) is 36.7 Å². The third kappa shape index (κ3) is 4.04. The van der Waals surface area contributed by atoms with Crippen molar-refractivity contribution >= 4 is 17.6 Å². The van der Waals surface area contributed by atoms with E-state index in [0.29, 0.717) is 11.3 Å². The fourth-order valence-corrected chi connectivity index (χ4v) is 3.09. The number of halogens is 2. The predicted molar refractivity (Wildman–Crippen MR) is 97.0 cm³/mol. The highest BCUT2D eigenvalue weighted by Crippen LogP contribution is 2.31. The van der Waals surface area contributed by atoms with Gasteiger partial charge in [-0.3, -0.25) is 4.79 Å². The van der Waals surface area contributed by atoms with Crippen molar-refractivity contribution in [1.82, 2.24) is 10.6 Å². The van der Waals surface area contributed by atoms with Crippen molar-refractivity contribution < 1.29 is 28.2 Å². The number of methoxy groups -OCH3 is 1. The molecule has 0 radical (unpaired) electrons. The predicted octanol–water partition coefficient (Wildman–Crippen LogP) is 1.87. The summed E-state index contributed by atoms with van der Waals surface area (Å²) in [5.41, 5.74) is 0.815. The van der Waals surface area contributed by atoms with E-state index in [0.717, 1.165) is 12.1 Å². The van der Waals surface area contributed by atoms with Gasteiger partial charge in [0.15, 0.2) is 0 Å². The van der Waals surface area contributed by atoms with Crippen molar-refractivity contribution in [2.75, 3.05) is 19.0 Å². The van der Waals surface area contributed by atoms with Crippen LogP contribution in [0.25, 0.3) is 0 Å². The summed E-state index contributed by atoms with van der Waals surface area (Å²) >= 11 is 0. The van der Waals surface area contributed by atoms with Gasteiger partial charge < -0.3 is 25.8 Å². The van der Waals surface area contributed by atoms with Crippen LogP contribution in [0.4, 0.5) is 19.3 Å². The smallest absolute Gasteiger partial charge is 0.319 e. The van der Waals surface area contributed by atoms with Gasteiger partial charge in [-0.1, -0.05) is 12.1 Å². The van der Waals surface area contributed by atoms with Gasteiger partial charge in [-0.2, -0.15) is 0 Å². The first-order valence-electron chi connectivity index (χ1n) is 8.51. The number of hydrogen-bond donors (Lipinski definition) is 4. The van der Waals surface area contributed by atoms with E-state index >= 15 is 0 Å². The average molecular weight is 391 g/mol. The Bertz CT molecular complexity index is 866. The third-order valence-electron chi connectivity index (χ3n) is 4.52. The number of hydrogen-bond acceptors (Lipinski definition) is 4. The van der Waals surface area contributed by atoms with Crippen molar-refractivity contribution in [3.8, 4) is 5.75 Å². The minimum absolute atomic E-state index is 0.0182. The molecule has 4 N–H and O–H groups in total. The standard InChI is InChI=1S/C19H19F2N3O4/c1-28-12-6-14(20)16(15(21)7-12)13-8-22-18(26)17(13)24-19(27)23-11-4-2-10(9-25)3-5-11/h2-7,13,17,25H,8-9H2,1H3,(H,22,26)(H2,23,24,27). The molecular weight excluding hydrogens is 372 g/mol. The summed E-state index contributed by atoms with van der Waals surface area (Å²) in [4.78, 5) is 24.4. The first kappa shape index (κ1) is 19.6. The first-order chi connectivity index (χ1) is 13.4. The lowest BCUT2D eigenvalue weighted by atomic mass is 9.93. The lowest BCUT2D eigenvalue weighted by molar-refractivity contribution is -0.120. The zero-order valence-electron chi connectivity index (χ0n) is 15.0. The summed E-state index contributed by atoms with van der Waals surface area (Å²) in [5, 5.41) is 16.5. The number of aliphatic hydroxyl groups excluding tert-OH is 1. The fourth-order valence-electron chi connectivity index (χ4n) is 3.09. The van der Waals surface area contributed by atoms with Gasteiger partial charge in [0, 0.05) is 35.8 Å². The summed E-state index contributed by atoms with van der Waals surface area (Å²) in [6, 6.07) is 6.64. The highest BCUT2D eigenvalue weighted by atomic mass is 19.1. The maximum atomic E-state index is 14.4. The van der Waals surface area contributed by atoms with Crippen LogP contribution < -0.4 is 20.7 Å². The van der Waals surface area contributed by atoms with Crippen LogP contribution in [0.3, 0.4) is 0 Å². The van der Waals surface area contributed by atoms with Crippen molar-refractivity contribution in [3.05, 3.63) is 59.2 Å². The van der Waals surface area contributed by atoms with Crippen LogP contribution in [0, 0.1) is 11.6 Å². The van der Waals surface area contributed by atoms with Gasteiger partial charge in [0.1, 0.15) is 23.4 Å². The molecule has 3 rings (SSSR count). The van der Waals surface area contributed by atoms with Gasteiger partial charge >= 0.3 is 6.03 Å². The molecular formula is C19H19F2N3O4. The van der Waals surface area contributed by atoms with E-state index in [9.17, 15) is 18.4 Å². The first-order valence-corrected chi connectivity index (χ1v) is 8.51. The van der Waals surface area contributed by atoms with E-state index < -0.39 is 35.5 Å². The SMILES string of the molecule is COc1cc(F)c(C2CNC(=O)C2NC(=O)Nc2ccc(CO)cc2)c(F)c1. The Hall–Kier alpha value is -3.20. The molecule has 2 aromatic rings. The van der Waals surface area contributed by atoms with Crippen LogP contribution in [0.2, 0.25) is 0 Å². The Morgan fingerprint density at radius 2 is 1.89 bits per heavy atom. The molecule has 1 heterocycles. The minimum Gasteiger partial charge on any atom is -0.497 e. The number of urea groups is 1. The highest BCUT2D eigenvalue weighted by Gasteiger charge is 2.40. The molecule has 1 fully saturated rings. The molecule has 0 aromatic heterocycles. The van der Waals surface area contributed by atoms with Gasteiger partial charge in [0.05, 0.1) is 13.7 Å². The number of amides is 3. The minimum atomic E-state index is -1.14. The molecule has 9 heteroatoms. The van der Waals surface area contributed by atoms with E-state index in [-0.39, 0.29) is 24.5 Å². The Balaban J connectivity index is 1.76. The molecule has 2 aromatic carbocycles. The van der Waals surface area contributed by atoms with Crippen LogP contribution in [0.15, 0.2) is 36.4 Å². The van der Waals surface area contributed by atoms with Crippen LogP contribution in [0.1, 0.15) is 17.0 Å². The topological polar surface area (TPSA) is 99.7 Å². The van der Waals surface area contributed by atoms with Crippen molar-refractivity contribution in [3.63, 3.8) is 0 Å². The van der Waals surface area contributed by atoms with Gasteiger partial charge in [0.2, 0.25) is 5.91 Å². The van der Waals surface area contributed by atoms with E-state index in [1.165, 1.54) is 7.11 Å². The van der Waals surface area contributed by atoms with E-state index in [4.69, 9.17) is 9.84 Å². The van der Waals surface area contributed by atoms with Gasteiger partial charge in [-0.25, -0.2) is 13.6 Å². The molecule has 1 saturated heterocycles. The third-order valence-corrected chi connectivity index (χ3v) is 4.52. The molecule has 148 valence electrons. The van der Waals surface area contributed by atoms with Gasteiger partial charge in [-0.15, -0.1) is 0 Å². The molecule has 0 aliphatic carbocycles. The summed E-state index contributed by atoms with van der Waals surface area (Å²) in [6.45, 7) is -0.148. The number of ether oxygens (including phenoxy) is 1. The zero-order chi connectivity index (χ0) is 20.3. The maximum absolute atomic E-state index is 14.4. The lowest BCUT2D eigenvalue weighted by Crippen LogP contribution is -2.45. The molecule has 3 amide bonds. The summed E-state index contributed by atoms with van der Waals surface area (Å²) in [7, 11) is 1.29. The molecule has 0 bridgehead atoms. The quantitative estimate of drug-likeness (QED) is 0.625. The Labute approximate surface area is 159 Å². The normalized spacial score (nSPS) is 18.5. The number of rotatable bonds is 5. The van der Waals surface area contributed by atoms with Crippen molar-refractivity contribution in [1.29, 1.82) is 0 Å². The summed E-state index contributed by atoms with van der Waals surface area (Å²) in [5.74, 6) is -3.15. The van der Waals surface area contributed by atoms with Crippen LogP contribution in [0.5, 0.6) is 5.75 Å². The molecule has 0 saturated carbocycles. The Morgan fingerprint density at radius 1 is 1.25 bits per heavy atom. The number of anilines is 1. The molecule has 0 spiro atoms. The van der Waals surface area contributed by atoms with Gasteiger partial charge in [-0.05, 0) is 17.7 Å². The second-order valence-electron chi connectivity index (χ2n) is 6.29. The zero-order valence-corrected chi connectivity index (χ0v) is 15.0. The molecule has 28 heavy (non-hydrogen) atoms. The van der Waals surface area contributed by atoms with E-state index in [1.54, 1.807) is 24.3 Å². The molecule has 2 atom stereocenters.